The fourth-order valence-corrected chi connectivity index (χ4v) is 1.72. The van der Waals surface area contributed by atoms with Crippen molar-refractivity contribution >= 4 is 0 Å². The summed E-state index contributed by atoms with van der Waals surface area (Å²) in [7, 11) is 0. The number of hydrogen-bond donors (Lipinski definition) is 1. The normalized spacial score (nSPS) is 12.2. The zero-order valence-corrected chi connectivity index (χ0v) is 11.6. The third kappa shape index (κ3) is 5.25. The van der Waals surface area contributed by atoms with Crippen LogP contribution in [0.4, 0.5) is 0 Å². The van der Waals surface area contributed by atoms with Crippen molar-refractivity contribution in [3.63, 3.8) is 0 Å². The molecular formula is C16H23NO. The van der Waals surface area contributed by atoms with Crippen LogP contribution in [0.15, 0.2) is 24.3 Å². The lowest BCUT2D eigenvalue weighted by Crippen LogP contribution is -2.27. The van der Waals surface area contributed by atoms with Crippen LogP contribution >= 0.6 is 0 Å². The number of hydrogen-bond acceptors (Lipinski definition) is 2. The van der Waals surface area contributed by atoms with E-state index in [9.17, 15) is 0 Å². The summed E-state index contributed by atoms with van der Waals surface area (Å²) in [6, 6.07) is 8.61. The Kier molecular flexibility index (Phi) is 6.32. The summed E-state index contributed by atoms with van der Waals surface area (Å²) in [6.45, 7) is 7.05. The van der Waals surface area contributed by atoms with Crippen LogP contribution in [0, 0.1) is 12.3 Å². The van der Waals surface area contributed by atoms with E-state index in [2.05, 4.69) is 30.3 Å². The molecule has 0 heterocycles. The minimum atomic E-state index is 0.217. The largest absolute Gasteiger partial charge is 0.491 e. The summed E-state index contributed by atoms with van der Waals surface area (Å²) in [5.74, 6) is 3.62. The molecule has 0 radical (unpaired) electrons. The molecule has 1 aromatic rings. The van der Waals surface area contributed by atoms with E-state index in [1.807, 2.05) is 26.0 Å². The van der Waals surface area contributed by atoms with E-state index in [0.717, 1.165) is 25.1 Å². The molecule has 2 nitrogen and oxygen atoms in total. The highest BCUT2D eigenvalue weighted by atomic mass is 16.5. The summed E-state index contributed by atoms with van der Waals surface area (Å²) in [4.78, 5) is 0. The van der Waals surface area contributed by atoms with Gasteiger partial charge < -0.3 is 10.1 Å². The van der Waals surface area contributed by atoms with E-state index in [1.54, 1.807) is 0 Å². The Morgan fingerprint density at radius 2 is 1.94 bits per heavy atom. The topological polar surface area (TPSA) is 21.3 Å². The molecule has 1 aromatic carbocycles. The van der Waals surface area contributed by atoms with Gasteiger partial charge in [0.05, 0.1) is 6.10 Å². The van der Waals surface area contributed by atoms with Gasteiger partial charge in [-0.2, -0.15) is 0 Å². The molecule has 0 aromatic heterocycles. The van der Waals surface area contributed by atoms with Gasteiger partial charge in [0.2, 0.25) is 0 Å². The Hall–Kier alpha value is -1.46. The fraction of sp³-hybridized carbons (Fsp3) is 0.500. The van der Waals surface area contributed by atoms with Gasteiger partial charge in [-0.25, -0.2) is 0 Å². The van der Waals surface area contributed by atoms with Crippen molar-refractivity contribution in [2.75, 3.05) is 0 Å². The second kappa shape index (κ2) is 7.79. The van der Waals surface area contributed by atoms with Gasteiger partial charge in [-0.1, -0.05) is 19.1 Å². The zero-order chi connectivity index (χ0) is 13.4. The van der Waals surface area contributed by atoms with E-state index in [-0.39, 0.29) is 6.10 Å². The Labute approximate surface area is 111 Å². The lowest BCUT2D eigenvalue weighted by atomic mass is 10.1. The monoisotopic (exact) mass is 245 g/mol. The first kappa shape index (κ1) is 14.6. The molecule has 18 heavy (non-hydrogen) atoms. The maximum absolute atomic E-state index is 5.61. The number of ether oxygens (including phenoxy) is 1. The molecule has 0 saturated carbocycles. The molecule has 1 unspecified atom stereocenters. The van der Waals surface area contributed by atoms with E-state index < -0.39 is 0 Å². The molecule has 0 fully saturated rings. The molecule has 0 amide bonds. The zero-order valence-electron chi connectivity index (χ0n) is 11.6. The van der Waals surface area contributed by atoms with Gasteiger partial charge in [0, 0.05) is 19.0 Å². The maximum atomic E-state index is 5.61. The maximum Gasteiger partial charge on any atom is 0.119 e. The third-order valence-corrected chi connectivity index (χ3v) is 2.75. The van der Waals surface area contributed by atoms with Gasteiger partial charge in [-0.15, -0.1) is 12.3 Å². The molecule has 2 heteroatoms. The summed E-state index contributed by atoms with van der Waals surface area (Å²) < 4.78 is 5.61. The number of terminal acetylenes is 1. The summed E-state index contributed by atoms with van der Waals surface area (Å²) in [5, 5.41) is 3.46. The van der Waals surface area contributed by atoms with Crippen molar-refractivity contribution in [2.24, 2.45) is 0 Å². The minimum Gasteiger partial charge on any atom is -0.491 e. The Morgan fingerprint density at radius 1 is 1.28 bits per heavy atom. The predicted molar refractivity (Wildman–Crippen MR) is 76.6 cm³/mol. The predicted octanol–water partition coefficient (Wildman–Crippen LogP) is 3.37. The average Bonchev–Trinajstić information content (AvgIpc) is 2.35. The first-order valence-electron chi connectivity index (χ1n) is 6.58. The van der Waals surface area contributed by atoms with Crippen LogP contribution in [0.5, 0.6) is 5.75 Å². The van der Waals surface area contributed by atoms with E-state index >= 15 is 0 Å². The third-order valence-electron chi connectivity index (χ3n) is 2.75. The quantitative estimate of drug-likeness (QED) is 0.744. The van der Waals surface area contributed by atoms with Gasteiger partial charge >= 0.3 is 0 Å². The van der Waals surface area contributed by atoms with Gasteiger partial charge in [0.1, 0.15) is 5.75 Å². The van der Waals surface area contributed by atoms with E-state index in [0.29, 0.717) is 6.04 Å². The standard InChI is InChI=1S/C16H23NO/c1-5-7-15(6-2)17-12-14-8-10-16(11-9-14)18-13(3)4/h1,8-11,13,15,17H,6-7,12H2,2-4H3. The minimum absolute atomic E-state index is 0.217. The number of rotatable bonds is 7. The highest BCUT2D eigenvalue weighted by Crippen LogP contribution is 2.14. The molecule has 1 N–H and O–H groups in total. The van der Waals surface area contributed by atoms with Crippen molar-refractivity contribution in [3.8, 4) is 18.1 Å². The highest BCUT2D eigenvalue weighted by molar-refractivity contribution is 5.27. The van der Waals surface area contributed by atoms with Crippen LogP contribution in [0.25, 0.3) is 0 Å². The molecule has 1 rings (SSSR count). The summed E-state index contributed by atoms with van der Waals surface area (Å²) >= 11 is 0. The van der Waals surface area contributed by atoms with Gasteiger partial charge in [-0.05, 0) is 38.0 Å². The Morgan fingerprint density at radius 3 is 2.44 bits per heavy atom. The van der Waals surface area contributed by atoms with Gasteiger partial charge in [-0.3, -0.25) is 0 Å². The van der Waals surface area contributed by atoms with E-state index in [4.69, 9.17) is 11.2 Å². The molecule has 0 spiro atoms. The van der Waals surface area contributed by atoms with Crippen LogP contribution in [0.1, 0.15) is 39.2 Å². The molecule has 1 atom stereocenters. The first-order chi connectivity index (χ1) is 8.65. The SMILES string of the molecule is C#CCC(CC)NCc1ccc(OC(C)C)cc1. The number of nitrogens with one attached hydrogen (secondary N) is 1. The average molecular weight is 245 g/mol. The van der Waals surface area contributed by atoms with Gasteiger partial charge in [0.25, 0.3) is 0 Å². The van der Waals surface area contributed by atoms with Gasteiger partial charge in [0.15, 0.2) is 0 Å². The van der Waals surface area contributed by atoms with Crippen molar-refractivity contribution in [3.05, 3.63) is 29.8 Å². The Bertz CT molecular complexity index is 375. The summed E-state index contributed by atoms with van der Waals surface area (Å²) in [6.07, 6.45) is 7.39. The van der Waals surface area contributed by atoms with Crippen LogP contribution in [0.3, 0.4) is 0 Å². The van der Waals surface area contributed by atoms with Crippen LogP contribution in [0.2, 0.25) is 0 Å². The second-order valence-corrected chi connectivity index (χ2v) is 4.70. The van der Waals surface area contributed by atoms with Crippen molar-refractivity contribution < 1.29 is 4.74 Å². The molecule has 0 saturated heterocycles. The summed E-state index contributed by atoms with van der Waals surface area (Å²) in [5.41, 5.74) is 1.25. The molecular weight excluding hydrogens is 222 g/mol. The molecule has 0 aliphatic heterocycles. The van der Waals surface area contributed by atoms with Crippen LogP contribution < -0.4 is 10.1 Å². The second-order valence-electron chi connectivity index (χ2n) is 4.70. The lowest BCUT2D eigenvalue weighted by molar-refractivity contribution is 0.242. The molecule has 0 aliphatic carbocycles. The lowest BCUT2D eigenvalue weighted by Gasteiger charge is -2.14. The van der Waals surface area contributed by atoms with E-state index in [1.165, 1.54) is 5.56 Å². The molecule has 98 valence electrons. The van der Waals surface area contributed by atoms with Crippen molar-refractivity contribution in [2.45, 2.75) is 52.3 Å². The number of benzene rings is 1. The smallest absolute Gasteiger partial charge is 0.119 e. The highest BCUT2D eigenvalue weighted by Gasteiger charge is 2.04. The molecule has 0 bridgehead atoms. The first-order valence-corrected chi connectivity index (χ1v) is 6.58. The van der Waals surface area contributed by atoms with Crippen LogP contribution in [-0.2, 0) is 6.54 Å². The van der Waals surface area contributed by atoms with Crippen molar-refractivity contribution in [1.29, 1.82) is 0 Å². The fourth-order valence-electron chi connectivity index (χ4n) is 1.72. The Balaban J connectivity index is 2.46. The molecule has 0 aliphatic rings. The van der Waals surface area contributed by atoms with Crippen LogP contribution in [-0.4, -0.2) is 12.1 Å². The van der Waals surface area contributed by atoms with Crippen molar-refractivity contribution in [1.82, 2.24) is 5.32 Å².